The van der Waals surface area contributed by atoms with Crippen LogP contribution < -0.4 is 21.6 Å². The van der Waals surface area contributed by atoms with Gasteiger partial charge in [0, 0.05) is 18.8 Å². The largest absolute Gasteiger partial charge is 0.405 e. The first-order chi connectivity index (χ1) is 25.3. The Morgan fingerprint density at radius 2 is 1.53 bits per heavy atom. The second kappa shape index (κ2) is 16.0. The van der Waals surface area contributed by atoms with Gasteiger partial charge in [-0.1, -0.05) is 106 Å². The molecule has 53 heavy (non-hydrogen) atoms. The lowest BCUT2D eigenvalue weighted by atomic mass is 10.0. The van der Waals surface area contributed by atoms with Crippen molar-refractivity contribution in [2.75, 3.05) is 19.8 Å². The summed E-state index contributed by atoms with van der Waals surface area (Å²) in [7, 11) is -2.99. The number of hydrogen-bond acceptors (Lipinski definition) is 6. The van der Waals surface area contributed by atoms with Crippen LogP contribution in [0.2, 0.25) is 5.04 Å². The SMILES string of the molecule is [C-]#[N+]Cc1ccccc1C(Cn1c(=O)n(C(C)(C)CO[Si](c2ccccc2)(c2ccccc2)C(C)(C)C)c(=O)c2c(C)c(Br)sc21)OC1CCOCC1. The molecule has 8 nitrogen and oxygen atoms in total. The minimum atomic E-state index is -2.99. The number of aromatic nitrogens is 2. The van der Waals surface area contributed by atoms with E-state index in [2.05, 4.69) is 65.8 Å². The van der Waals surface area contributed by atoms with Crippen molar-refractivity contribution in [2.24, 2.45) is 0 Å². The van der Waals surface area contributed by atoms with Gasteiger partial charge in [-0.3, -0.25) is 13.9 Å². The second-order valence-corrected chi connectivity index (χ2v) is 22.1. The highest BCUT2D eigenvalue weighted by atomic mass is 79.9. The quantitative estimate of drug-likeness (QED) is 0.0945. The molecule has 0 radical (unpaired) electrons. The molecule has 1 unspecified atom stereocenters. The van der Waals surface area contributed by atoms with E-state index >= 15 is 4.79 Å². The maximum Gasteiger partial charge on any atom is 0.332 e. The van der Waals surface area contributed by atoms with E-state index < -0.39 is 25.7 Å². The van der Waals surface area contributed by atoms with E-state index in [0.717, 1.165) is 43.7 Å². The molecule has 278 valence electrons. The van der Waals surface area contributed by atoms with E-state index in [1.165, 1.54) is 15.9 Å². The number of aryl methyl sites for hydroxylation is 1. The van der Waals surface area contributed by atoms with Gasteiger partial charge in [-0.05, 0) is 76.1 Å². The molecular weight excluding hydrogens is 767 g/mol. The highest BCUT2D eigenvalue weighted by Gasteiger charge is 2.51. The summed E-state index contributed by atoms with van der Waals surface area (Å²) >= 11 is 5.07. The molecule has 1 saturated heterocycles. The van der Waals surface area contributed by atoms with E-state index in [-0.39, 0.29) is 36.4 Å². The lowest BCUT2D eigenvalue weighted by Gasteiger charge is -2.44. The number of thiophene rings is 1. The van der Waals surface area contributed by atoms with Crippen molar-refractivity contribution in [1.82, 2.24) is 9.13 Å². The van der Waals surface area contributed by atoms with Crippen molar-refractivity contribution in [3.05, 3.63) is 138 Å². The van der Waals surface area contributed by atoms with Crippen LogP contribution in [-0.2, 0) is 32.5 Å². The summed E-state index contributed by atoms with van der Waals surface area (Å²) in [6.07, 6.45) is 0.865. The van der Waals surface area contributed by atoms with Gasteiger partial charge < -0.3 is 18.7 Å². The molecule has 3 heterocycles. The van der Waals surface area contributed by atoms with Crippen molar-refractivity contribution in [3.63, 3.8) is 0 Å². The highest BCUT2D eigenvalue weighted by Crippen LogP contribution is 2.38. The first kappa shape index (κ1) is 39.1. The summed E-state index contributed by atoms with van der Waals surface area (Å²) in [4.78, 5) is 34.0. The van der Waals surface area contributed by atoms with Crippen molar-refractivity contribution in [3.8, 4) is 0 Å². The Bertz CT molecular complexity index is 2170. The van der Waals surface area contributed by atoms with Crippen LogP contribution in [0.15, 0.2) is 98.3 Å². The van der Waals surface area contributed by atoms with Crippen LogP contribution in [-0.4, -0.2) is 43.4 Å². The lowest BCUT2D eigenvalue weighted by molar-refractivity contribution is -0.0751. The third kappa shape index (κ3) is 7.68. The molecule has 6 rings (SSSR count). The van der Waals surface area contributed by atoms with Gasteiger partial charge in [0.25, 0.3) is 13.9 Å². The number of fused-ring (bicyclic) bond motifs is 1. The van der Waals surface area contributed by atoms with Crippen LogP contribution in [0, 0.1) is 13.5 Å². The fourth-order valence-corrected chi connectivity index (χ4v) is 14.0. The molecule has 0 saturated carbocycles. The normalized spacial score (nSPS) is 15.1. The molecule has 0 amide bonds. The van der Waals surface area contributed by atoms with E-state index in [4.69, 9.17) is 20.5 Å². The monoisotopic (exact) mass is 813 g/mol. The third-order valence-corrected chi connectivity index (χ3v) is 17.5. The molecule has 0 bridgehead atoms. The molecule has 11 heteroatoms. The Morgan fingerprint density at radius 3 is 2.11 bits per heavy atom. The number of rotatable bonds is 12. The van der Waals surface area contributed by atoms with Gasteiger partial charge in [0.2, 0.25) is 6.54 Å². The molecule has 0 N–H and O–H groups in total. The van der Waals surface area contributed by atoms with Crippen molar-refractivity contribution >= 4 is 56.2 Å². The van der Waals surface area contributed by atoms with Gasteiger partial charge in [-0.2, -0.15) is 0 Å². The summed E-state index contributed by atoms with van der Waals surface area (Å²) in [6, 6.07) is 28.6. The van der Waals surface area contributed by atoms with Crippen LogP contribution in [0.4, 0.5) is 0 Å². The number of benzene rings is 3. The molecule has 5 aromatic rings. The zero-order chi connectivity index (χ0) is 38.0. The van der Waals surface area contributed by atoms with Crippen molar-refractivity contribution in [1.29, 1.82) is 0 Å². The molecule has 1 aliphatic rings. The molecular formula is C42H48BrN3O5SSi. The molecule has 2 aromatic heterocycles. The van der Waals surface area contributed by atoms with Gasteiger partial charge in [-0.25, -0.2) is 11.4 Å². The molecule has 1 aliphatic heterocycles. The van der Waals surface area contributed by atoms with Crippen LogP contribution in [0.5, 0.6) is 0 Å². The summed E-state index contributed by atoms with van der Waals surface area (Å²) in [5.41, 5.74) is 0.713. The average Bonchev–Trinajstić information content (AvgIpc) is 3.44. The van der Waals surface area contributed by atoms with Crippen LogP contribution in [0.3, 0.4) is 0 Å². The van der Waals surface area contributed by atoms with Crippen LogP contribution in [0.25, 0.3) is 15.1 Å². The first-order valence-corrected chi connectivity index (χ1v) is 21.7. The standard InChI is InChI=1S/C42H48BrN3O5SSi/c1-29-36-38(47)46(42(5,6)28-50-53(41(2,3)4,32-17-10-8-11-18-32)33-19-12-9-13-20-33)40(48)45(39(36)52-37(29)43)27-35(51-31-22-24-49-25-23-31)34-21-15-14-16-30(34)26-44-7/h8-21,31,35H,22-28H2,1-6H3. The van der Waals surface area contributed by atoms with E-state index in [1.807, 2.05) is 81.4 Å². The molecule has 0 spiro atoms. The van der Waals surface area contributed by atoms with Gasteiger partial charge in [0.15, 0.2) is 0 Å². The van der Waals surface area contributed by atoms with Gasteiger partial charge in [0.05, 0.1) is 34.0 Å². The molecule has 0 aliphatic carbocycles. The van der Waals surface area contributed by atoms with E-state index in [1.54, 1.807) is 4.57 Å². The average molecular weight is 815 g/mol. The molecule has 1 fully saturated rings. The summed E-state index contributed by atoms with van der Waals surface area (Å²) in [6.45, 7) is 21.7. The number of halogens is 1. The van der Waals surface area contributed by atoms with Gasteiger partial charge in [0.1, 0.15) is 10.9 Å². The third-order valence-electron chi connectivity index (χ3n) is 10.3. The van der Waals surface area contributed by atoms with Crippen molar-refractivity contribution < 1.29 is 13.9 Å². The summed E-state index contributed by atoms with van der Waals surface area (Å²) < 4.78 is 23.7. The van der Waals surface area contributed by atoms with E-state index in [0.29, 0.717) is 23.4 Å². The summed E-state index contributed by atoms with van der Waals surface area (Å²) in [5, 5.41) is 2.46. The van der Waals surface area contributed by atoms with Crippen LogP contribution >= 0.6 is 27.3 Å². The maximum absolute atomic E-state index is 15.1. The number of hydrogen-bond donors (Lipinski definition) is 0. The number of nitrogens with zero attached hydrogens (tertiary/aromatic N) is 3. The van der Waals surface area contributed by atoms with Crippen LogP contribution in [0.1, 0.15) is 70.3 Å². The Balaban J connectivity index is 1.50. The smallest absolute Gasteiger partial charge is 0.332 e. The molecule has 3 aromatic carbocycles. The minimum absolute atomic E-state index is 0.0695. The Morgan fingerprint density at radius 1 is 0.943 bits per heavy atom. The van der Waals surface area contributed by atoms with Gasteiger partial charge >= 0.3 is 5.69 Å². The lowest BCUT2D eigenvalue weighted by Crippen LogP contribution is -2.68. The van der Waals surface area contributed by atoms with Crippen molar-refractivity contribution in [2.45, 2.75) is 90.3 Å². The first-order valence-electron chi connectivity index (χ1n) is 18.1. The predicted molar refractivity (Wildman–Crippen MR) is 220 cm³/mol. The van der Waals surface area contributed by atoms with Gasteiger partial charge in [-0.15, -0.1) is 11.3 Å². The topological polar surface area (TPSA) is 76.0 Å². The zero-order valence-electron chi connectivity index (χ0n) is 31.4. The Labute approximate surface area is 325 Å². The maximum atomic E-state index is 15.1. The molecule has 1 atom stereocenters. The number of ether oxygens (including phenoxy) is 2. The zero-order valence-corrected chi connectivity index (χ0v) is 34.8. The fraction of sp³-hybridized carbons (Fsp3) is 0.405. The summed E-state index contributed by atoms with van der Waals surface area (Å²) in [5.74, 6) is 0. The van der Waals surface area contributed by atoms with E-state index in [9.17, 15) is 4.79 Å². The second-order valence-electron chi connectivity index (χ2n) is 15.4. The predicted octanol–water partition coefficient (Wildman–Crippen LogP) is 7.96. The highest BCUT2D eigenvalue weighted by molar-refractivity contribution is 9.11. The Kier molecular flexibility index (Phi) is 11.8. The minimum Gasteiger partial charge on any atom is -0.405 e. The fourth-order valence-electron chi connectivity index (χ4n) is 7.63. The Hall–Kier alpha value is -3.63.